The molecule has 0 spiro atoms. The molecule has 1 aliphatic rings. The van der Waals surface area contributed by atoms with Crippen molar-refractivity contribution in [3.05, 3.63) is 29.3 Å². The van der Waals surface area contributed by atoms with Crippen molar-refractivity contribution in [2.24, 2.45) is 5.73 Å². The Hall–Kier alpha value is -1.59. The van der Waals surface area contributed by atoms with E-state index in [1.807, 2.05) is 30.9 Å². The molecule has 0 aliphatic carbocycles. The van der Waals surface area contributed by atoms with E-state index in [9.17, 15) is 4.79 Å². The Kier molecular flexibility index (Phi) is 7.53. The lowest BCUT2D eigenvalue weighted by Crippen LogP contribution is -2.41. The molecule has 1 heterocycles. The third kappa shape index (κ3) is 6.13. The van der Waals surface area contributed by atoms with Gasteiger partial charge in [0.25, 0.3) is 0 Å². The number of benzene rings is 1. The summed E-state index contributed by atoms with van der Waals surface area (Å²) in [5, 5.41) is 0. The molecule has 5 nitrogen and oxygen atoms in total. The first kappa shape index (κ1) is 18.7. The molecule has 1 saturated heterocycles. The molecule has 24 heavy (non-hydrogen) atoms. The van der Waals surface area contributed by atoms with Crippen LogP contribution in [0, 0.1) is 13.8 Å². The average molecular weight is 334 g/mol. The van der Waals surface area contributed by atoms with Gasteiger partial charge in [-0.3, -0.25) is 4.79 Å². The van der Waals surface area contributed by atoms with E-state index in [0.717, 1.165) is 44.7 Å². The fourth-order valence-electron chi connectivity index (χ4n) is 3.04. The standard InChI is InChI=1S/C19H30N2O3/c1-15-12-16(2)14-18(13-15)24-11-6-19(22)21-8-4-17(5-9-21)23-10-3-7-20/h12-14,17H,3-11,20H2,1-2H3. The smallest absolute Gasteiger partial charge is 0.226 e. The maximum Gasteiger partial charge on any atom is 0.226 e. The highest BCUT2D eigenvalue weighted by atomic mass is 16.5. The second-order valence-corrected chi connectivity index (χ2v) is 6.52. The Morgan fingerprint density at radius 3 is 2.46 bits per heavy atom. The largest absolute Gasteiger partial charge is 0.493 e. The molecule has 1 aliphatic heterocycles. The summed E-state index contributed by atoms with van der Waals surface area (Å²) in [5.74, 6) is 1.01. The highest BCUT2D eigenvalue weighted by Crippen LogP contribution is 2.17. The number of hydrogen-bond acceptors (Lipinski definition) is 4. The highest BCUT2D eigenvalue weighted by Gasteiger charge is 2.22. The van der Waals surface area contributed by atoms with E-state index in [4.69, 9.17) is 15.2 Å². The van der Waals surface area contributed by atoms with Crippen LogP contribution in [-0.2, 0) is 9.53 Å². The summed E-state index contributed by atoms with van der Waals surface area (Å²) in [5.41, 5.74) is 7.81. The maximum atomic E-state index is 12.3. The zero-order valence-electron chi connectivity index (χ0n) is 14.9. The minimum absolute atomic E-state index is 0.166. The van der Waals surface area contributed by atoms with Gasteiger partial charge in [0.05, 0.1) is 19.1 Å². The summed E-state index contributed by atoms with van der Waals surface area (Å²) in [6.45, 7) is 7.45. The van der Waals surface area contributed by atoms with Crippen molar-refractivity contribution in [2.45, 2.75) is 45.6 Å². The average Bonchev–Trinajstić information content (AvgIpc) is 2.55. The number of ether oxygens (including phenoxy) is 2. The normalized spacial score (nSPS) is 15.5. The molecule has 1 fully saturated rings. The van der Waals surface area contributed by atoms with Gasteiger partial charge in [-0.1, -0.05) is 6.07 Å². The summed E-state index contributed by atoms with van der Waals surface area (Å²) < 4.78 is 11.5. The van der Waals surface area contributed by atoms with Gasteiger partial charge in [-0.25, -0.2) is 0 Å². The molecule has 0 radical (unpaired) electrons. The van der Waals surface area contributed by atoms with Crippen LogP contribution in [-0.4, -0.2) is 49.8 Å². The van der Waals surface area contributed by atoms with E-state index in [1.54, 1.807) is 0 Å². The van der Waals surface area contributed by atoms with E-state index in [1.165, 1.54) is 11.1 Å². The molecule has 134 valence electrons. The molecule has 0 aromatic heterocycles. The van der Waals surface area contributed by atoms with Gasteiger partial charge >= 0.3 is 0 Å². The van der Waals surface area contributed by atoms with Gasteiger partial charge in [0.1, 0.15) is 5.75 Å². The first-order valence-electron chi connectivity index (χ1n) is 8.89. The summed E-state index contributed by atoms with van der Waals surface area (Å²) >= 11 is 0. The number of likely N-dealkylation sites (tertiary alicyclic amines) is 1. The van der Waals surface area contributed by atoms with Crippen LogP contribution in [0.3, 0.4) is 0 Å². The molecule has 2 N–H and O–H groups in total. The predicted molar refractivity (Wildman–Crippen MR) is 95.3 cm³/mol. The van der Waals surface area contributed by atoms with Gasteiger partial charge in [0.15, 0.2) is 0 Å². The Morgan fingerprint density at radius 1 is 1.17 bits per heavy atom. The van der Waals surface area contributed by atoms with Crippen molar-refractivity contribution in [1.82, 2.24) is 4.90 Å². The number of piperidine rings is 1. The van der Waals surface area contributed by atoms with Crippen molar-refractivity contribution >= 4 is 5.91 Å². The van der Waals surface area contributed by atoms with E-state index in [0.29, 0.717) is 19.6 Å². The molecule has 0 unspecified atom stereocenters. The lowest BCUT2D eigenvalue weighted by Gasteiger charge is -2.32. The van der Waals surface area contributed by atoms with E-state index in [2.05, 4.69) is 6.07 Å². The van der Waals surface area contributed by atoms with Crippen LogP contribution in [0.15, 0.2) is 18.2 Å². The van der Waals surface area contributed by atoms with Crippen LogP contribution in [0.2, 0.25) is 0 Å². The third-order valence-corrected chi connectivity index (χ3v) is 4.28. The molecule has 0 bridgehead atoms. The fraction of sp³-hybridized carbons (Fsp3) is 0.632. The SMILES string of the molecule is Cc1cc(C)cc(OCCC(=O)N2CCC(OCCCN)CC2)c1. The Morgan fingerprint density at radius 2 is 1.83 bits per heavy atom. The number of aryl methyl sites for hydroxylation is 2. The first-order chi connectivity index (χ1) is 11.6. The number of carbonyl (C=O) groups excluding carboxylic acids is 1. The molecule has 1 aromatic rings. The molecule has 2 rings (SSSR count). The van der Waals surface area contributed by atoms with E-state index >= 15 is 0 Å². The quantitative estimate of drug-likeness (QED) is 0.742. The van der Waals surface area contributed by atoms with Crippen LogP contribution in [0.25, 0.3) is 0 Å². The first-order valence-corrected chi connectivity index (χ1v) is 8.89. The van der Waals surface area contributed by atoms with Gasteiger partial charge in [0.2, 0.25) is 5.91 Å². The number of hydrogen-bond donors (Lipinski definition) is 1. The maximum absolute atomic E-state index is 12.3. The zero-order valence-corrected chi connectivity index (χ0v) is 14.9. The van der Waals surface area contributed by atoms with Crippen molar-refractivity contribution in [3.8, 4) is 5.75 Å². The minimum Gasteiger partial charge on any atom is -0.493 e. The monoisotopic (exact) mass is 334 g/mol. The van der Waals surface area contributed by atoms with Gasteiger partial charge in [0, 0.05) is 19.7 Å². The van der Waals surface area contributed by atoms with Gasteiger partial charge in [-0.2, -0.15) is 0 Å². The molecule has 0 atom stereocenters. The van der Waals surface area contributed by atoms with Crippen LogP contribution in [0.4, 0.5) is 0 Å². The lowest BCUT2D eigenvalue weighted by molar-refractivity contribution is -0.134. The summed E-state index contributed by atoms with van der Waals surface area (Å²) in [4.78, 5) is 14.2. The summed E-state index contributed by atoms with van der Waals surface area (Å²) in [6.07, 6.45) is 3.41. The zero-order chi connectivity index (χ0) is 17.4. The van der Waals surface area contributed by atoms with Crippen LogP contribution < -0.4 is 10.5 Å². The van der Waals surface area contributed by atoms with Crippen LogP contribution in [0.5, 0.6) is 5.75 Å². The van der Waals surface area contributed by atoms with Crippen molar-refractivity contribution in [2.75, 3.05) is 32.8 Å². The van der Waals surface area contributed by atoms with E-state index < -0.39 is 0 Å². The molecular formula is C19H30N2O3. The Labute approximate surface area is 145 Å². The number of rotatable bonds is 8. The van der Waals surface area contributed by atoms with Crippen LogP contribution >= 0.6 is 0 Å². The topological polar surface area (TPSA) is 64.8 Å². The van der Waals surface area contributed by atoms with Crippen LogP contribution in [0.1, 0.15) is 36.8 Å². The molecule has 0 saturated carbocycles. The number of amides is 1. The molecule has 1 aromatic carbocycles. The molecule has 1 amide bonds. The van der Waals surface area contributed by atoms with Gasteiger partial charge in [-0.05, 0) is 62.9 Å². The minimum atomic E-state index is 0.166. The predicted octanol–water partition coefficient (Wildman–Crippen LogP) is 2.43. The number of nitrogens with two attached hydrogens (primary N) is 1. The van der Waals surface area contributed by atoms with E-state index in [-0.39, 0.29) is 12.0 Å². The third-order valence-electron chi connectivity index (χ3n) is 4.28. The summed E-state index contributed by atoms with van der Waals surface area (Å²) in [6, 6.07) is 6.11. The Bertz CT molecular complexity index is 505. The van der Waals surface area contributed by atoms with Crippen molar-refractivity contribution < 1.29 is 14.3 Å². The molecular weight excluding hydrogens is 304 g/mol. The summed E-state index contributed by atoms with van der Waals surface area (Å²) in [7, 11) is 0. The van der Waals surface area contributed by atoms with Gasteiger partial charge in [-0.15, -0.1) is 0 Å². The van der Waals surface area contributed by atoms with Crippen molar-refractivity contribution in [1.29, 1.82) is 0 Å². The highest BCUT2D eigenvalue weighted by molar-refractivity contribution is 5.76. The number of carbonyl (C=O) groups is 1. The lowest BCUT2D eigenvalue weighted by atomic mass is 10.1. The van der Waals surface area contributed by atoms with Gasteiger partial charge < -0.3 is 20.1 Å². The Balaban J connectivity index is 1.66. The van der Waals surface area contributed by atoms with Crippen molar-refractivity contribution in [3.63, 3.8) is 0 Å². The molecule has 5 heteroatoms. The second kappa shape index (κ2) is 9.64. The fourth-order valence-corrected chi connectivity index (χ4v) is 3.04. The second-order valence-electron chi connectivity index (χ2n) is 6.52. The number of nitrogens with zero attached hydrogens (tertiary/aromatic N) is 1.